The van der Waals surface area contributed by atoms with Crippen LogP contribution in [0.1, 0.15) is 29.3 Å². The summed E-state index contributed by atoms with van der Waals surface area (Å²) >= 11 is 0. The Labute approximate surface area is 112 Å². The van der Waals surface area contributed by atoms with Gasteiger partial charge < -0.3 is 9.47 Å². The molecule has 0 spiro atoms. The van der Waals surface area contributed by atoms with Gasteiger partial charge in [0.05, 0.1) is 20.3 Å². The van der Waals surface area contributed by atoms with E-state index in [1.807, 2.05) is 12.1 Å². The number of ketones is 1. The normalized spacial score (nSPS) is 16.5. The van der Waals surface area contributed by atoms with Gasteiger partial charge in [-0.15, -0.1) is 0 Å². The van der Waals surface area contributed by atoms with Crippen LogP contribution in [0.2, 0.25) is 0 Å². The molecule has 102 valence electrons. The van der Waals surface area contributed by atoms with Crippen molar-refractivity contribution < 1.29 is 19.1 Å². The molecule has 0 radical (unpaired) electrons. The second-order valence-electron chi connectivity index (χ2n) is 4.84. The molecule has 0 saturated carbocycles. The molecule has 0 bridgehead atoms. The Morgan fingerprint density at radius 1 is 1.26 bits per heavy atom. The SMILES string of the molecule is CCCc1ccc(C(=O)C2(C(=O)OC)COC2)cc1. The quantitative estimate of drug-likeness (QED) is 0.463. The van der Waals surface area contributed by atoms with Gasteiger partial charge >= 0.3 is 5.97 Å². The number of rotatable bonds is 5. The molecule has 1 saturated heterocycles. The number of methoxy groups -OCH3 is 1. The van der Waals surface area contributed by atoms with E-state index in [9.17, 15) is 9.59 Å². The van der Waals surface area contributed by atoms with Crippen LogP contribution in [0.15, 0.2) is 24.3 Å². The molecule has 1 fully saturated rings. The van der Waals surface area contributed by atoms with Crippen LogP contribution in [-0.2, 0) is 20.7 Å². The molecule has 1 heterocycles. The Morgan fingerprint density at radius 3 is 2.32 bits per heavy atom. The van der Waals surface area contributed by atoms with E-state index in [1.54, 1.807) is 12.1 Å². The van der Waals surface area contributed by atoms with Crippen molar-refractivity contribution in [1.82, 2.24) is 0 Å². The number of carbonyl (C=O) groups is 2. The number of benzene rings is 1. The Hall–Kier alpha value is -1.68. The topological polar surface area (TPSA) is 52.6 Å². The highest BCUT2D eigenvalue weighted by Gasteiger charge is 2.53. The van der Waals surface area contributed by atoms with Crippen molar-refractivity contribution >= 4 is 11.8 Å². The predicted octanol–water partition coefficient (Wildman–Crippen LogP) is 2.01. The van der Waals surface area contributed by atoms with Gasteiger partial charge in [-0.05, 0) is 12.0 Å². The Kier molecular flexibility index (Phi) is 4.00. The molecule has 0 unspecified atom stereocenters. The molecule has 4 heteroatoms. The predicted molar refractivity (Wildman–Crippen MR) is 70.0 cm³/mol. The fourth-order valence-electron chi connectivity index (χ4n) is 2.23. The van der Waals surface area contributed by atoms with E-state index in [1.165, 1.54) is 12.7 Å². The monoisotopic (exact) mass is 262 g/mol. The maximum atomic E-state index is 12.4. The number of ether oxygens (including phenoxy) is 2. The summed E-state index contributed by atoms with van der Waals surface area (Å²) in [6, 6.07) is 7.41. The smallest absolute Gasteiger partial charge is 0.324 e. The van der Waals surface area contributed by atoms with Crippen molar-refractivity contribution in [3.8, 4) is 0 Å². The highest BCUT2D eigenvalue weighted by Crippen LogP contribution is 2.33. The lowest BCUT2D eigenvalue weighted by Gasteiger charge is -2.36. The van der Waals surface area contributed by atoms with E-state index in [0.29, 0.717) is 5.56 Å². The number of aryl methyl sites for hydroxylation is 1. The molecule has 1 aromatic rings. The number of Topliss-reactive ketones (excluding diaryl/α,β-unsaturated/α-hetero) is 1. The minimum atomic E-state index is -1.14. The summed E-state index contributed by atoms with van der Waals surface area (Å²) in [5.74, 6) is -0.727. The van der Waals surface area contributed by atoms with Gasteiger partial charge in [0.1, 0.15) is 0 Å². The van der Waals surface area contributed by atoms with Gasteiger partial charge in [-0.1, -0.05) is 37.6 Å². The zero-order valence-corrected chi connectivity index (χ0v) is 11.3. The van der Waals surface area contributed by atoms with Crippen molar-refractivity contribution in [2.45, 2.75) is 19.8 Å². The Balaban J connectivity index is 2.21. The molecule has 0 atom stereocenters. The average molecular weight is 262 g/mol. The number of carbonyl (C=O) groups excluding carboxylic acids is 2. The van der Waals surface area contributed by atoms with Gasteiger partial charge in [0, 0.05) is 5.56 Å². The average Bonchev–Trinajstić information content (AvgIpc) is 2.38. The van der Waals surface area contributed by atoms with Gasteiger partial charge in [-0.25, -0.2) is 0 Å². The Morgan fingerprint density at radius 2 is 1.89 bits per heavy atom. The molecule has 2 rings (SSSR count). The van der Waals surface area contributed by atoms with Crippen molar-refractivity contribution in [1.29, 1.82) is 0 Å². The molecule has 0 amide bonds. The minimum absolute atomic E-state index is 0.106. The zero-order chi connectivity index (χ0) is 13.9. The summed E-state index contributed by atoms with van der Waals surface area (Å²) < 4.78 is 9.77. The van der Waals surface area contributed by atoms with Crippen molar-refractivity contribution in [3.63, 3.8) is 0 Å². The van der Waals surface area contributed by atoms with E-state index in [4.69, 9.17) is 9.47 Å². The van der Waals surface area contributed by atoms with Crippen molar-refractivity contribution in [3.05, 3.63) is 35.4 Å². The van der Waals surface area contributed by atoms with Gasteiger partial charge in [-0.3, -0.25) is 9.59 Å². The van der Waals surface area contributed by atoms with Gasteiger partial charge in [0.2, 0.25) is 0 Å². The van der Waals surface area contributed by atoms with Crippen LogP contribution in [0.3, 0.4) is 0 Å². The van der Waals surface area contributed by atoms with E-state index >= 15 is 0 Å². The second-order valence-corrected chi connectivity index (χ2v) is 4.84. The summed E-state index contributed by atoms with van der Waals surface area (Å²) in [6.45, 7) is 2.32. The number of hydrogen-bond donors (Lipinski definition) is 0. The molecule has 0 aromatic heterocycles. The van der Waals surface area contributed by atoms with E-state index < -0.39 is 11.4 Å². The standard InChI is InChI=1S/C15H18O4/c1-3-4-11-5-7-12(8-6-11)13(16)15(9-19-10-15)14(17)18-2/h5-8H,3-4,9-10H2,1-2H3. The first-order valence-corrected chi connectivity index (χ1v) is 6.44. The third-order valence-electron chi connectivity index (χ3n) is 3.46. The number of hydrogen-bond acceptors (Lipinski definition) is 4. The number of esters is 1. The van der Waals surface area contributed by atoms with Gasteiger partial charge in [0.25, 0.3) is 0 Å². The molecule has 1 aromatic carbocycles. The third-order valence-corrected chi connectivity index (χ3v) is 3.46. The van der Waals surface area contributed by atoms with E-state index in [-0.39, 0.29) is 19.0 Å². The lowest BCUT2D eigenvalue weighted by molar-refractivity contribution is -0.172. The van der Waals surface area contributed by atoms with Crippen LogP contribution >= 0.6 is 0 Å². The molecule has 1 aliphatic rings. The first-order valence-electron chi connectivity index (χ1n) is 6.44. The molecular weight excluding hydrogens is 244 g/mol. The third kappa shape index (κ3) is 2.40. The van der Waals surface area contributed by atoms with Crippen LogP contribution in [0.25, 0.3) is 0 Å². The van der Waals surface area contributed by atoms with Crippen molar-refractivity contribution in [2.75, 3.05) is 20.3 Å². The van der Waals surface area contributed by atoms with Crippen LogP contribution in [-0.4, -0.2) is 32.1 Å². The second kappa shape index (κ2) is 5.53. The molecular formula is C15H18O4. The molecule has 0 N–H and O–H groups in total. The maximum Gasteiger partial charge on any atom is 0.324 e. The maximum absolute atomic E-state index is 12.4. The fourth-order valence-corrected chi connectivity index (χ4v) is 2.23. The largest absolute Gasteiger partial charge is 0.468 e. The summed E-state index contributed by atoms with van der Waals surface area (Å²) in [4.78, 5) is 24.2. The highest BCUT2D eigenvalue weighted by atomic mass is 16.5. The highest BCUT2D eigenvalue weighted by molar-refractivity contribution is 6.13. The van der Waals surface area contributed by atoms with Crippen LogP contribution in [0.4, 0.5) is 0 Å². The minimum Gasteiger partial charge on any atom is -0.468 e. The van der Waals surface area contributed by atoms with E-state index in [0.717, 1.165) is 12.8 Å². The van der Waals surface area contributed by atoms with E-state index in [2.05, 4.69) is 6.92 Å². The lowest BCUT2D eigenvalue weighted by Crippen LogP contribution is -2.55. The Bertz CT molecular complexity index is 471. The van der Waals surface area contributed by atoms with Crippen molar-refractivity contribution in [2.24, 2.45) is 5.41 Å². The molecule has 4 nitrogen and oxygen atoms in total. The van der Waals surface area contributed by atoms with Crippen LogP contribution in [0, 0.1) is 5.41 Å². The molecule has 0 aliphatic carbocycles. The zero-order valence-electron chi connectivity index (χ0n) is 11.3. The van der Waals surface area contributed by atoms with Crippen LogP contribution in [0.5, 0.6) is 0 Å². The fraction of sp³-hybridized carbons (Fsp3) is 0.467. The molecule has 1 aliphatic heterocycles. The summed E-state index contributed by atoms with van der Waals surface area (Å²) in [6.07, 6.45) is 2.05. The summed E-state index contributed by atoms with van der Waals surface area (Å²) in [5.41, 5.74) is 0.589. The first kappa shape index (κ1) is 13.7. The van der Waals surface area contributed by atoms with Gasteiger partial charge in [-0.2, -0.15) is 0 Å². The summed E-state index contributed by atoms with van der Waals surface area (Å²) in [7, 11) is 1.29. The lowest BCUT2D eigenvalue weighted by atomic mass is 9.78. The first-order chi connectivity index (χ1) is 9.14. The summed E-state index contributed by atoms with van der Waals surface area (Å²) in [5, 5.41) is 0. The van der Waals surface area contributed by atoms with Gasteiger partial charge in [0.15, 0.2) is 11.2 Å². The van der Waals surface area contributed by atoms with Crippen LogP contribution < -0.4 is 0 Å². The molecule has 19 heavy (non-hydrogen) atoms.